The normalized spacial score (nSPS) is 18.0. The van der Waals surface area contributed by atoms with Crippen LogP contribution in [0.15, 0.2) is 36.5 Å². The number of aryl methyl sites for hydroxylation is 3. The van der Waals surface area contributed by atoms with Crippen molar-refractivity contribution in [1.29, 1.82) is 0 Å². The molecule has 0 unspecified atom stereocenters. The molecule has 5 rings (SSSR count). The van der Waals surface area contributed by atoms with Gasteiger partial charge >= 0.3 is 0 Å². The number of carbonyl (C=O) groups excluding carboxylic acids is 1. The van der Waals surface area contributed by atoms with E-state index in [0.29, 0.717) is 13.1 Å². The van der Waals surface area contributed by atoms with Crippen LogP contribution < -0.4 is 16.0 Å². The Morgan fingerprint density at radius 3 is 2.41 bits per heavy atom. The van der Waals surface area contributed by atoms with Crippen molar-refractivity contribution >= 4 is 17.5 Å². The van der Waals surface area contributed by atoms with Crippen LogP contribution in [0.4, 0.5) is 11.6 Å². The van der Waals surface area contributed by atoms with Gasteiger partial charge in [-0.15, -0.1) is 0 Å². The first-order chi connectivity index (χ1) is 16.3. The monoisotopic (exact) mass is 460 g/mol. The summed E-state index contributed by atoms with van der Waals surface area (Å²) in [4.78, 5) is 27.1. The minimum Gasteiger partial charge on any atom is -0.399 e. The molecule has 9 nitrogen and oxygen atoms in total. The number of hydrogen-bond donors (Lipinski definition) is 2. The van der Waals surface area contributed by atoms with E-state index in [1.165, 1.54) is 0 Å². The Balaban J connectivity index is 1.32. The van der Waals surface area contributed by atoms with E-state index in [2.05, 4.69) is 25.3 Å². The zero-order chi connectivity index (χ0) is 23.9. The van der Waals surface area contributed by atoms with Crippen molar-refractivity contribution < 1.29 is 4.79 Å². The zero-order valence-corrected chi connectivity index (χ0v) is 20.1. The topological polar surface area (TPSA) is 105 Å². The number of hydrogen-bond acceptors (Lipinski definition) is 7. The first kappa shape index (κ1) is 22.3. The minimum atomic E-state index is -0.538. The first-order valence-corrected chi connectivity index (χ1v) is 11.8. The molecule has 3 N–H and O–H groups in total. The molecule has 1 aromatic carbocycles. The highest BCUT2D eigenvalue weighted by atomic mass is 16.2. The van der Waals surface area contributed by atoms with Crippen LogP contribution in [0.1, 0.15) is 29.9 Å². The molecular weight excluding hydrogens is 428 g/mol. The molecule has 3 aromatic rings. The fourth-order valence-electron chi connectivity index (χ4n) is 5.12. The van der Waals surface area contributed by atoms with Crippen LogP contribution in [0.25, 0.3) is 11.1 Å². The number of anilines is 2. The van der Waals surface area contributed by atoms with Gasteiger partial charge < -0.3 is 20.9 Å². The number of rotatable bonds is 4. The Labute approximate surface area is 200 Å². The summed E-state index contributed by atoms with van der Waals surface area (Å²) in [5, 5.41) is 8.24. The largest absolute Gasteiger partial charge is 0.399 e. The summed E-state index contributed by atoms with van der Waals surface area (Å²) in [6.45, 7) is 7.41. The number of piperidine rings is 1. The smallest absolute Gasteiger partial charge is 0.243 e. The Morgan fingerprint density at radius 2 is 1.74 bits per heavy atom. The van der Waals surface area contributed by atoms with Gasteiger partial charge in [-0.25, -0.2) is 9.97 Å². The molecule has 1 amide bonds. The molecule has 0 radical (unpaired) electrons. The number of nitrogens with two attached hydrogens (primary N) is 1. The lowest BCUT2D eigenvalue weighted by atomic mass is 9.84. The molecule has 2 aromatic heterocycles. The third-order valence-electron chi connectivity index (χ3n) is 6.88. The van der Waals surface area contributed by atoms with E-state index in [1.807, 2.05) is 67.0 Å². The highest BCUT2D eigenvalue weighted by Gasteiger charge is 2.46. The highest BCUT2D eigenvalue weighted by molar-refractivity contribution is 5.87. The molecule has 2 fully saturated rings. The summed E-state index contributed by atoms with van der Waals surface area (Å²) in [6.07, 6.45) is 3.46. The van der Waals surface area contributed by atoms with E-state index < -0.39 is 5.54 Å². The molecular formula is C25H32N8O. The average Bonchev–Trinajstić information content (AvgIpc) is 3.17. The van der Waals surface area contributed by atoms with Crippen molar-refractivity contribution in [3.8, 4) is 11.1 Å². The fourth-order valence-corrected chi connectivity index (χ4v) is 5.12. The van der Waals surface area contributed by atoms with Gasteiger partial charge in [0.1, 0.15) is 5.54 Å². The molecule has 0 aliphatic carbocycles. The lowest BCUT2D eigenvalue weighted by Crippen LogP contribution is -2.67. The summed E-state index contributed by atoms with van der Waals surface area (Å²) in [7, 11) is 1.91. The summed E-state index contributed by atoms with van der Waals surface area (Å²) in [5.41, 5.74) is 11.0. The van der Waals surface area contributed by atoms with Crippen molar-refractivity contribution in [3.05, 3.63) is 53.6 Å². The van der Waals surface area contributed by atoms with Crippen molar-refractivity contribution in [2.75, 3.05) is 36.8 Å². The van der Waals surface area contributed by atoms with Crippen molar-refractivity contribution in [2.24, 2.45) is 7.05 Å². The van der Waals surface area contributed by atoms with Gasteiger partial charge in [0.25, 0.3) is 0 Å². The highest BCUT2D eigenvalue weighted by Crippen LogP contribution is 2.31. The predicted molar refractivity (Wildman–Crippen MR) is 132 cm³/mol. The van der Waals surface area contributed by atoms with Gasteiger partial charge in [0.05, 0.1) is 12.2 Å². The SMILES string of the molecule is Cc1cc(C)nc(N2CCC3(CC2)NCCN(Cc2nn(C)cc2-c2ccc(N)cc2)C3=O)n1. The second-order valence-electron chi connectivity index (χ2n) is 9.46. The Bertz CT molecular complexity index is 1170. The average molecular weight is 461 g/mol. The lowest BCUT2D eigenvalue weighted by molar-refractivity contribution is -0.143. The number of nitrogens with one attached hydrogen (secondary N) is 1. The molecule has 0 atom stereocenters. The van der Waals surface area contributed by atoms with Gasteiger partial charge in [0, 0.05) is 62.1 Å². The number of nitrogens with zero attached hydrogens (tertiary/aromatic N) is 6. The van der Waals surface area contributed by atoms with E-state index in [4.69, 9.17) is 5.73 Å². The van der Waals surface area contributed by atoms with Crippen LogP contribution >= 0.6 is 0 Å². The lowest BCUT2D eigenvalue weighted by Gasteiger charge is -2.47. The fraction of sp³-hybridized carbons (Fsp3) is 0.440. The maximum atomic E-state index is 13.7. The Hall–Kier alpha value is -3.46. The summed E-state index contributed by atoms with van der Waals surface area (Å²) in [5.74, 6) is 0.919. The van der Waals surface area contributed by atoms with E-state index in [1.54, 1.807) is 0 Å². The molecule has 2 saturated heterocycles. The van der Waals surface area contributed by atoms with E-state index in [-0.39, 0.29) is 5.91 Å². The van der Waals surface area contributed by atoms with Crippen LogP contribution in [0.2, 0.25) is 0 Å². The standard InChI is InChI=1S/C25H32N8O/c1-17-14-18(2)29-24(28-17)32-11-8-25(9-12-32)23(34)33(13-10-27-25)16-22-21(15-31(3)30-22)19-4-6-20(26)7-5-19/h4-7,14-15,27H,8-13,16,26H2,1-3H3. The number of nitrogen functional groups attached to an aromatic ring is 1. The van der Waals surface area contributed by atoms with Crippen LogP contribution in [0.5, 0.6) is 0 Å². The summed E-state index contributed by atoms with van der Waals surface area (Å²) < 4.78 is 1.81. The second kappa shape index (κ2) is 8.72. The minimum absolute atomic E-state index is 0.161. The number of piperazine rings is 1. The van der Waals surface area contributed by atoms with Crippen LogP contribution in [0, 0.1) is 13.8 Å². The molecule has 34 heavy (non-hydrogen) atoms. The van der Waals surface area contributed by atoms with Gasteiger partial charge in [-0.05, 0) is 50.5 Å². The number of carbonyl (C=O) groups is 1. The number of benzene rings is 1. The van der Waals surface area contributed by atoms with Crippen LogP contribution in [0.3, 0.4) is 0 Å². The van der Waals surface area contributed by atoms with Crippen molar-refractivity contribution in [1.82, 2.24) is 30.0 Å². The molecule has 2 aliphatic heterocycles. The maximum absolute atomic E-state index is 13.7. The van der Waals surface area contributed by atoms with Crippen molar-refractivity contribution in [3.63, 3.8) is 0 Å². The Kier molecular flexibility index (Phi) is 5.73. The third kappa shape index (κ3) is 4.23. The maximum Gasteiger partial charge on any atom is 0.243 e. The molecule has 0 bridgehead atoms. The number of amides is 1. The molecule has 1 spiro atoms. The van der Waals surface area contributed by atoms with Gasteiger partial charge in [0.2, 0.25) is 11.9 Å². The first-order valence-electron chi connectivity index (χ1n) is 11.8. The quantitative estimate of drug-likeness (QED) is 0.574. The zero-order valence-electron chi connectivity index (χ0n) is 20.1. The Morgan fingerprint density at radius 1 is 1.06 bits per heavy atom. The van der Waals surface area contributed by atoms with Gasteiger partial charge in [-0.2, -0.15) is 5.10 Å². The molecule has 178 valence electrons. The van der Waals surface area contributed by atoms with Gasteiger partial charge in [0.15, 0.2) is 0 Å². The van der Waals surface area contributed by atoms with E-state index >= 15 is 0 Å². The summed E-state index contributed by atoms with van der Waals surface area (Å²) >= 11 is 0. The van der Waals surface area contributed by atoms with Crippen molar-refractivity contribution in [2.45, 2.75) is 38.8 Å². The van der Waals surface area contributed by atoms with Crippen LogP contribution in [-0.4, -0.2) is 62.3 Å². The molecule has 4 heterocycles. The van der Waals surface area contributed by atoms with Crippen LogP contribution in [-0.2, 0) is 18.4 Å². The second-order valence-corrected chi connectivity index (χ2v) is 9.46. The van der Waals surface area contributed by atoms with Gasteiger partial charge in [-0.1, -0.05) is 12.1 Å². The molecule has 2 aliphatic rings. The number of aromatic nitrogens is 4. The summed E-state index contributed by atoms with van der Waals surface area (Å²) in [6, 6.07) is 9.77. The predicted octanol–water partition coefficient (Wildman–Crippen LogP) is 2.05. The van der Waals surface area contributed by atoms with E-state index in [9.17, 15) is 4.79 Å². The molecule has 0 saturated carbocycles. The third-order valence-corrected chi connectivity index (χ3v) is 6.88. The molecule has 9 heteroatoms. The van der Waals surface area contributed by atoms with Gasteiger partial charge in [-0.3, -0.25) is 9.48 Å². The van der Waals surface area contributed by atoms with E-state index in [0.717, 1.165) is 72.3 Å².